The van der Waals surface area contributed by atoms with Gasteiger partial charge in [-0.15, -0.1) is 0 Å². The van der Waals surface area contributed by atoms with Gasteiger partial charge in [0.2, 0.25) is 0 Å². The Balaban J connectivity index is 2.37. The second-order valence-electron chi connectivity index (χ2n) is 3.60. The van der Waals surface area contributed by atoms with Gasteiger partial charge in [0.05, 0.1) is 18.0 Å². The van der Waals surface area contributed by atoms with E-state index in [9.17, 15) is 0 Å². The van der Waals surface area contributed by atoms with Crippen LogP contribution in [0, 0.1) is 6.92 Å². The Morgan fingerprint density at radius 3 is 2.62 bits per heavy atom. The van der Waals surface area contributed by atoms with Crippen LogP contribution in [0.1, 0.15) is 24.5 Å². The van der Waals surface area contributed by atoms with Crippen LogP contribution in [0.4, 0.5) is 11.4 Å². The highest BCUT2D eigenvalue weighted by atomic mass is 15.1. The highest BCUT2D eigenvalue weighted by Crippen LogP contribution is 2.29. The smallest absolute Gasteiger partial charge is 0.0850 e. The Morgan fingerprint density at radius 1 is 1.23 bits per heavy atom. The predicted molar refractivity (Wildman–Crippen MR) is 57.3 cm³/mol. The first kappa shape index (κ1) is 8.42. The SMILES string of the molecule is CCCc1cc2c(cc1C)NCN2. The first-order valence-electron chi connectivity index (χ1n) is 4.92. The number of nitrogens with one attached hydrogen (secondary N) is 2. The van der Waals surface area contributed by atoms with Gasteiger partial charge in [-0.05, 0) is 36.6 Å². The second-order valence-corrected chi connectivity index (χ2v) is 3.60. The van der Waals surface area contributed by atoms with E-state index in [1.54, 1.807) is 0 Å². The molecule has 0 radical (unpaired) electrons. The molecule has 1 aliphatic rings. The predicted octanol–water partition coefficient (Wildman–Crippen LogP) is 2.74. The molecule has 0 saturated heterocycles. The van der Waals surface area contributed by atoms with Crippen molar-refractivity contribution in [3.8, 4) is 0 Å². The largest absolute Gasteiger partial charge is 0.366 e. The zero-order chi connectivity index (χ0) is 9.26. The Labute approximate surface area is 79.4 Å². The van der Waals surface area contributed by atoms with E-state index in [0.717, 1.165) is 6.67 Å². The van der Waals surface area contributed by atoms with E-state index >= 15 is 0 Å². The van der Waals surface area contributed by atoms with E-state index in [2.05, 4.69) is 36.6 Å². The van der Waals surface area contributed by atoms with E-state index in [-0.39, 0.29) is 0 Å². The number of anilines is 2. The summed E-state index contributed by atoms with van der Waals surface area (Å²) in [6.45, 7) is 5.27. The summed E-state index contributed by atoms with van der Waals surface area (Å²) < 4.78 is 0. The molecular weight excluding hydrogens is 160 g/mol. The van der Waals surface area contributed by atoms with Crippen molar-refractivity contribution in [2.45, 2.75) is 26.7 Å². The van der Waals surface area contributed by atoms with Crippen molar-refractivity contribution in [1.29, 1.82) is 0 Å². The summed E-state index contributed by atoms with van der Waals surface area (Å²) in [5.74, 6) is 0. The fourth-order valence-electron chi connectivity index (χ4n) is 1.82. The third kappa shape index (κ3) is 1.48. The van der Waals surface area contributed by atoms with Crippen LogP contribution in [0.15, 0.2) is 12.1 Å². The Kier molecular flexibility index (Phi) is 2.13. The highest BCUT2D eigenvalue weighted by molar-refractivity contribution is 5.75. The summed E-state index contributed by atoms with van der Waals surface area (Å²) in [6, 6.07) is 4.51. The van der Waals surface area contributed by atoms with Crippen LogP contribution >= 0.6 is 0 Å². The van der Waals surface area contributed by atoms with Crippen molar-refractivity contribution in [1.82, 2.24) is 0 Å². The van der Waals surface area contributed by atoms with Crippen molar-refractivity contribution >= 4 is 11.4 Å². The molecule has 70 valence electrons. The normalized spacial score (nSPS) is 13.4. The van der Waals surface area contributed by atoms with Crippen LogP contribution in [-0.2, 0) is 6.42 Å². The van der Waals surface area contributed by atoms with Crippen LogP contribution in [0.25, 0.3) is 0 Å². The van der Waals surface area contributed by atoms with Crippen molar-refractivity contribution in [3.05, 3.63) is 23.3 Å². The van der Waals surface area contributed by atoms with E-state index in [0.29, 0.717) is 0 Å². The van der Waals surface area contributed by atoms with Gasteiger partial charge in [-0.25, -0.2) is 0 Å². The molecule has 2 rings (SSSR count). The molecule has 1 aromatic rings. The zero-order valence-electron chi connectivity index (χ0n) is 8.28. The maximum Gasteiger partial charge on any atom is 0.0850 e. The van der Waals surface area contributed by atoms with Crippen molar-refractivity contribution < 1.29 is 0 Å². The fraction of sp³-hybridized carbons (Fsp3) is 0.455. The van der Waals surface area contributed by atoms with Gasteiger partial charge >= 0.3 is 0 Å². The van der Waals surface area contributed by atoms with Crippen molar-refractivity contribution in [3.63, 3.8) is 0 Å². The fourth-order valence-corrected chi connectivity index (χ4v) is 1.82. The third-order valence-electron chi connectivity index (χ3n) is 2.55. The molecule has 2 heteroatoms. The Bertz CT molecular complexity index is 318. The quantitative estimate of drug-likeness (QED) is 0.724. The number of fused-ring (bicyclic) bond motifs is 1. The van der Waals surface area contributed by atoms with Crippen LogP contribution < -0.4 is 10.6 Å². The van der Waals surface area contributed by atoms with Gasteiger partial charge in [-0.3, -0.25) is 0 Å². The van der Waals surface area contributed by atoms with Crippen LogP contribution in [0.3, 0.4) is 0 Å². The van der Waals surface area contributed by atoms with Gasteiger partial charge in [-0.2, -0.15) is 0 Å². The summed E-state index contributed by atoms with van der Waals surface area (Å²) >= 11 is 0. The molecule has 0 atom stereocenters. The molecule has 13 heavy (non-hydrogen) atoms. The minimum atomic E-state index is 0.865. The summed E-state index contributed by atoms with van der Waals surface area (Å²) in [4.78, 5) is 0. The van der Waals surface area contributed by atoms with Gasteiger partial charge in [0.15, 0.2) is 0 Å². The average Bonchev–Trinajstić information content (AvgIpc) is 2.52. The molecule has 0 unspecified atom stereocenters. The number of benzene rings is 1. The van der Waals surface area contributed by atoms with Gasteiger partial charge < -0.3 is 10.6 Å². The lowest BCUT2D eigenvalue weighted by Gasteiger charge is -2.07. The number of hydrogen-bond acceptors (Lipinski definition) is 2. The van der Waals surface area contributed by atoms with Gasteiger partial charge in [-0.1, -0.05) is 13.3 Å². The maximum atomic E-state index is 3.32. The molecule has 0 saturated carbocycles. The minimum absolute atomic E-state index is 0.865. The number of rotatable bonds is 2. The molecular formula is C11H16N2. The lowest BCUT2D eigenvalue weighted by molar-refractivity contribution is 0.914. The summed E-state index contributed by atoms with van der Waals surface area (Å²) in [5, 5.41) is 6.61. The summed E-state index contributed by atoms with van der Waals surface area (Å²) in [7, 11) is 0. The lowest BCUT2D eigenvalue weighted by Crippen LogP contribution is -1.98. The Hall–Kier alpha value is -1.18. The first-order valence-corrected chi connectivity index (χ1v) is 4.92. The van der Waals surface area contributed by atoms with Crippen LogP contribution in [0.2, 0.25) is 0 Å². The highest BCUT2D eigenvalue weighted by Gasteiger charge is 2.10. The first-order chi connectivity index (χ1) is 6.31. The van der Waals surface area contributed by atoms with Gasteiger partial charge in [0.1, 0.15) is 0 Å². The molecule has 0 amide bonds. The average molecular weight is 176 g/mol. The van der Waals surface area contributed by atoms with E-state index < -0.39 is 0 Å². The molecule has 0 bridgehead atoms. The third-order valence-corrected chi connectivity index (χ3v) is 2.55. The van der Waals surface area contributed by atoms with E-state index in [1.807, 2.05) is 0 Å². The molecule has 1 aliphatic heterocycles. The summed E-state index contributed by atoms with van der Waals surface area (Å²) in [5.41, 5.74) is 5.38. The molecule has 2 N–H and O–H groups in total. The summed E-state index contributed by atoms with van der Waals surface area (Å²) in [6.07, 6.45) is 2.40. The number of hydrogen-bond donors (Lipinski definition) is 2. The van der Waals surface area contributed by atoms with E-state index in [4.69, 9.17) is 0 Å². The molecule has 0 fully saturated rings. The molecule has 1 heterocycles. The van der Waals surface area contributed by atoms with Crippen molar-refractivity contribution in [2.24, 2.45) is 0 Å². The monoisotopic (exact) mass is 176 g/mol. The van der Waals surface area contributed by atoms with E-state index in [1.165, 1.54) is 35.3 Å². The number of aryl methyl sites for hydroxylation is 2. The molecule has 0 aliphatic carbocycles. The minimum Gasteiger partial charge on any atom is -0.366 e. The zero-order valence-corrected chi connectivity index (χ0v) is 8.28. The maximum absolute atomic E-state index is 3.32. The lowest BCUT2D eigenvalue weighted by atomic mass is 10.0. The second kappa shape index (κ2) is 3.29. The topological polar surface area (TPSA) is 24.1 Å². The van der Waals surface area contributed by atoms with Gasteiger partial charge in [0.25, 0.3) is 0 Å². The molecule has 0 aromatic heterocycles. The standard InChI is InChI=1S/C11H16N2/c1-3-4-9-6-11-10(5-8(9)2)12-7-13-11/h5-6,12-13H,3-4,7H2,1-2H3. The Morgan fingerprint density at radius 2 is 1.92 bits per heavy atom. The molecule has 1 aromatic carbocycles. The van der Waals surface area contributed by atoms with Crippen LogP contribution in [0.5, 0.6) is 0 Å². The van der Waals surface area contributed by atoms with Crippen LogP contribution in [-0.4, -0.2) is 6.67 Å². The molecule has 0 spiro atoms. The van der Waals surface area contributed by atoms with Crippen molar-refractivity contribution in [2.75, 3.05) is 17.3 Å². The molecule has 2 nitrogen and oxygen atoms in total. The van der Waals surface area contributed by atoms with Gasteiger partial charge in [0, 0.05) is 0 Å².